The number of amides is 2. The molecule has 1 fully saturated rings. The van der Waals surface area contributed by atoms with Gasteiger partial charge in [-0.05, 0) is 24.3 Å². The Balaban J connectivity index is 1.58. The third kappa shape index (κ3) is 3.59. The van der Waals surface area contributed by atoms with Gasteiger partial charge in [0.2, 0.25) is 0 Å². The highest BCUT2D eigenvalue weighted by Gasteiger charge is 2.17. The second-order valence-electron chi connectivity index (χ2n) is 4.64. The van der Waals surface area contributed by atoms with Crippen molar-refractivity contribution >= 4 is 17.4 Å². The molecule has 1 saturated heterocycles. The van der Waals surface area contributed by atoms with Crippen LogP contribution < -0.4 is 10.6 Å². The summed E-state index contributed by atoms with van der Waals surface area (Å²) in [6, 6.07) is 16.4. The van der Waals surface area contributed by atoms with Crippen molar-refractivity contribution in [1.82, 2.24) is 0 Å². The fourth-order valence-corrected chi connectivity index (χ4v) is 2.09. The molecule has 5 nitrogen and oxygen atoms in total. The van der Waals surface area contributed by atoms with Crippen LogP contribution in [0, 0.1) is 0 Å². The molecule has 5 heteroatoms. The standard InChI is InChI=1S/C16H16N2O3/c19-16(17-13-4-2-1-3-5-13)18-14-8-6-12(7-9-14)15-20-10-11-21-15/h1-9,15H,10-11H2,(H2,17,18,19). The number of benzene rings is 2. The van der Waals surface area contributed by atoms with Gasteiger partial charge in [0.1, 0.15) is 0 Å². The quantitative estimate of drug-likeness (QED) is 0.908. The van der Waals surface area contributed by atoms with E-state index in [4.69, 9.17) is 9.47 Å². The monoisotopic (exact) mass is 284 g/mol. The van der Waals surface area contributed by atoms with Crippen LogP contribution in [0.4, 0.5) is 16.2 Å². The van der Waals surface area contributed by atoms with Crippen molar-refractivity contribution in [3.05, 3.63) is 60.2 Å². The smallest absolute Gasteiger partial charge is 0.323 e. The first kappa shape index (κ1) is 13.6. The summed E-state index contributed by atoms with van der Waals surface area (Å²) >= 11 is 0. The molecule has 0 unspecified atom stereocenters. The second kappa shape index (κ2) is 6.39. The number of anilines is 2. The Morgan fingerprint density at radius 1 is 0.857 bits per heavy atom. The van der Waals surface area contributed by atoms with E-state index in [2.05, 4.69) is 10.6 Å². The molecule has 1 heterocycles. The molecule has 0 bridgehead atoms. The molecule has 1 aliphatic heterocycles. The van der Waals surface area contributed by atoms with Gasteiger partial charge in [-0.25, -0.2) is 4.79 Å². The van der Waals surface area contributed by atoms with E-state index in [1.807, 2.05) is 54.6 Å². The van der Waals surface area contributed by atoms with Crippen molar-refractivity contribution in [2.45, 2.75) is 6.29 Å². The summed E-state index contributed by atoms with van der Waals surface area (Å²) in [4.78, 5) is 11.9. The molecule has 2 aromatic carbocycles. The summed E-state index contributed by atoms with van der Waals surface area (Å²) in [7, 11) is 0. The molecule has 108 valence electrons. The summed E-state index contributed by atoms with van der Waals surface area (Å²) in [6.07, 6.45) is -0.294. The number of rotatable bonds is 3. The summed E-state index contributed by atoms with van der Waals surface area (Å²) < 4.78 is 10.8. The minimum Gasteiger partial charge on any atom is -0.346 e. The van der Waals surface area contributed by atoms with Crippen molar-refractivity contribution in [3.63, 3.8) is 0 Å². The number of carbonyl (C=O) groups excluding carboxylic acids is 1. The van der Waals surface area contributed by atoms with Gasteiger partial charge >= 0.3 is 6.03 Å². The molecule has 0 saturated carbocycles. The average Bonchev–Trinajstić information content (AvgIpc) is 3.03. The van der Waals surface area contributed by atoms with Gasteiger partial charge in [0.25, 0.3) is 0 Å². The van der Waals surface area contributed by atoms with Crippen molar-refractivity contribution in [2.24, 2.45) is 0 Å². The summed E-state index contributed by atoms with van der Waals surface area (Å²) in [5, 5.41) is 5.54. The number of ether oxygens (including phenoxy) is 2. The van der Waals surface area contributed by atoms with Crippen LogP contribution >= 0.6 is 0 Å². The third-order valence-electron chi connectivity index (χ3n) is 3.09. The molecule has 1 aliphatic rings. The van der Waals surface area contributed by atoms with Crippen LogP contribution in [0.25, 0.3) is 0 Å². The number of carbonyl (C=O) groups is 1. The summed E-state index contributed by atoms with van der Waals surface area (Å²) in [5.41, 5.74) is 2.41. The van der Waals surface area contributed by atoms with Gasteiger partial charge in [0.15, 0.2) is 6.29 Å². The minimum absolute atomic E-state index is 0.276. The highest BCUT2D eigenvalue weighted by Crippen LogP contribution is 2.24. The molecule has 0 aliphatic carbocycles. The average molecular weight is 284 g/mol. The largest absolute Gasteiger partial charge is 0.346 e. The lowest BCUT2D eigenvalue weighted by Gasteiger charge is -2.11. The SMILES string of the molecule is O=C(Nc1ccccc1)Nc1ccc(C2OCCO2)cc1. The lowest BCUT2D eigenvalue weighted by molar-refractivity contribution is -0.0441. The van der Waals surface area contributed by atoms with Crippen molar-refractivity contribution in [3.8, 4) is 0 Å². The summed E-state index contributed by atoms with van der Waals surface area (Å²) in [6.45, 7) is 1.23. The van der Waals surface area contributed by atoms with E-state index >= 15 is 0 Å². The number of para-hydroxylation sites is 1. The first-order valence-electron chi connectivity index (χ1n) is 6.77. The summed E-state index contributed by atoms with van der Waals surface area (Å²) in [5.74, 6) is 0. The van der Waals surface area contributed by atoms with E-state index in [1.54, 1.807) is 0 Å². The fourth-order valence-electron chi connectivity index (χ4n) is 2.09. The second-order valence-corrected chi connectivity index (χ2v) is 4.64. The van der Waals surface area contributed by atoms with E-state index in [9.17, 15) is 4.79 Å². The van der Waals surface area contributed by atoms with Crippen molar-refractivity contribution in [1.29, 1.82) is 0 Å². The van der Waals surface area contributed by atoms with Crippen molar-refractivity contribution < 1.29 is 14.3 Å². The van der Waals surface area contributed by atoms with Crippen LogP contribution in [0.1, 0.15) is 11.9 Å². The van der Waals surface area contributed by atoms with E-state index in [0.29, 0.717) is 18.9 Å². The topological polar surface area (TPSA) is 59.6 Å². The fraction of sp³-hybridized carbons (Fsp3) is 0.188. The van der Waals surface area contributed by atoms with Crippen LogP contribution in [0.3, 0.4) is 0 Å². The number of nitrogens with one attached hydrogen (secondary N) is 2. The zero-order valence-corrected chi connectivity index (χ0v) is 11.4. The minimum atomic E-state index is -0.294. The van der Waals surface area contributed by atoms with Gasteiger partial charge in [-0.1, -0.05) is 30.3 Å². The zero-order valence-electron chi connectivity index (χ0n) is 11.4. The Hall–Kier alpha value is -2.37. The Morgan fingerprint density at radius 3 is 2.05 bits per heavy atom. The maximum Gasteiger partial charge on any atom is 0.323 e. The van der Waals surface area contributed by atoms with Gasteiger partial charge in [0.05, 0.1) is 13.2 Å². The van der Waals surface area contributed by atoms with Gasteiger partial charge in [-0.15, -0.1) is 0 Å². The van der Waals surface area contributed by atoms with E-state index in [-0.39, 0.29) is 12.3 Å². The van der Waals surface area contributed by atoms with Gasteiger partial charge in [0, 0.05) is 16.9 Å². The first-order valence-corrected chi connectivity index (χ1v) is 6.77. The predicted molar refractivity (Wildman–Crippen MR) is 80.2 cm³/mol. The lowest BCUT2D eigenvalue weighted by atomic mass is 10.2. The Morgan fingerprint density at radius 2 is 1.43 bits per heavy atom. The number of urea groups is 1. The Bertz CT molecular complexity index is 593. The molecule has 3 rings (SSSR count). The van der Waals surface area contributed by atoms with Gasteiger partial charge in [-0.2, -0.15) is 0 Å². The molecule has 0 atom stereocenters. The first-order chi connectivity index (χ1) is 10.3. The van der Waals surface area contributed by atoms with Crippen molar-refractivity contribution in [2.75, 3.05) is 23.8 Å². The van der Waals surface area contributed by atoms with Crippen LogP contribution in [0.5, 0.6) is 0 Å². The molecule has 0 spiro atoms. The Labute approximate surface area is 122 Å². The van der Waals surface area contributed by atoms with Crippen LogP contribution in [-0.2, 0) is 9.47 Å². The van der Waals surface area contributed by atoms with E-state index in [0.717, 1.165) is 11.3 Å². The maximum absolute atomic E-state index is 11.9. The normalized spacial score (nSPS) is 14.9. The molecule has 2 N–H and O–H groups in total. The molecule has 2 aromatic rings. The highest BCUT2D eigenvalue weighted by molar-refractivity contribution is 5.99. The highest BCUT2D eigenvalue weighted by atomic mass is 16.7. The van der Waals surface area contributed by atoms with Gasteiger partial charge in [-0.3, -0.25) is 0 Å². The van der Waals surface area contributed by atoms with Crippen LogP contribution in [0.15, 0.2) is 54.6 Å². The zero-order chi connectivity index (χ0) is 14.5. The molecule has 0 aromatic heterocycles. The van der Waals surface area contributed by atoms with Crippen LogP contribution in [0.2, 0.25) is 0 Å². The van der Waals surface area contributed by atoms with Crippen LogP contribution in [-0.4, -0.2) is 19.2 Å². The van der Waals surface area contributed by atoms with E-state index in [1.165, 1.54) is 0 Å². The molecule has 21 heavy (non-hydrogen) atoms. The number of hydrogen-bond donors (Lipinski definition) is 2. The molecular weight excluding hydrogens is 268 g/mol. The molecular formula is C16H16N2O3. The maximum atomic E-state index is 11.9. The molecule has 2 amide bonds. The lowest BCUT2D eigenvalue weighted by Crippen LogP contribution is -2.19. The van der Waals surface area contributed by atoms with Gasteiger partial charge < -0.3 is 20.1 Å². The molecule has 0 radical (unpaired) electrons. The number of hydrogen-bond acceptors (Lipinski definition) is 3. The third-order valence-corrected chi connectivity index (χ3v) is 3.09. The predicted octanol–water partition coefficient (Wildman–Crippen LogP) is 3.38. The van der Waals surface area contributed by atoms with E-state index < -0.39 is 0 Å². The Kier molecular flexibility index (Phi) is 4.14.